The minimum absolute atomic E-state index is 0.0224. The third kappa shape index (κ3) is 9.47. The summed E-state index contributed by atoms with van der Waals surface area (Å²) >= 11 is 0. The van der Waals surface area contributed by atoms with Crippen molar-refractivity contribution in [3.63, 3.8) is 0 Å². The molecule has 1 aliphatic heterocycles. The van der Waals surface area contributed by atoms with Crippen molar-refractivity contribution in [1.29, 1.82) is 0 Å². The molecule has 1 N–H and O–H groups in total. The smallest absolute Gasteiger partial charge is 0.423 e. The lowest BCUT2D eigenvalue weighted by Gasteiger charge is -2.18. The summed E-state index contributed by atoms with van der Waals surface area (Å²) in [5.41, 5.74) is -4.12. The van der Waals surface area contributed by atoms with Crippen LogP contribution in [0.4, 0.5) is 13.2 Å². The molecule has 0 bridgehead atoms. The van der Waals surface area contributed by atoms with Gasteiger partial charge in [-0.2, -0.15) is 13.2 Å². The molecule has 0 amide bonds. The highest BCUT2D eigenvalue weighted by Crippen LogP contribution is 2.32. The molecule has 202 valence electrons. The fourth-order valence-electron chi connectivity index (χ4n) is 4.08. The van der Waals surface area contributed by atoms with Crippen molar-refractivity contribution in [3.8, 4) is 12.3 Å². The van der Waals surface area contributed by atoms with Gasteiger partial charge in [0, 0.05) is 19.0 Å². The van der Waals surface area contributed by atoms with Crippen molar-refractivity contribution in [2.24, 2.45) is 0 Å². The molecule has 0 aliphatic carbocycles. The lowest BCUT2D eigenvalue weighted by molar-refractivity contribution is -0.151. The molecule has 1 aromatic heterocycles. The highest BCUT2D eigenvalue weighted by molar-refractivity contribution is 5.69. The first-order chi connectivity index (χ1) is 17.2. The SMILES string of the molecule is C#CCO[C@H]1C[C@H](n2cc(C(F)(F)F)c(=O)[nH]c2=O)O[C@@H]1COC(=O)CCCCCCCCCCC. The number of ether oxygens (including phenoxy) is 3. The molecule has 8 nitrogen and oxygen atoms in total. The Morgan fingerprint density at radius 1 is 1.17 bits per heavy atom. The maximum Gasteiger partial charge on any atom is 0.423 e. The Bertz CT molecular complexity index is 982. The predicted octanol–water partition coefficient (Wildman–Crippen LogP) is 4.33. The van der Waals surface area contributed by atoms with E-state index in [4.69, 9.17) is 20.6 Å². The molecule has 2 heterocycles. The van der Waals surface area contributed by atoms with Gasteiger partial charge in [-0.3, -0.25) is 19.1 Å². The molecule has 0 saturated carbocycles. The number of nitrogens with zero attached hydrogens (tertiary/aromatic N) is 1. The standard InChI is InChI=1S/C25H35F3N2O6/c1-3-5-6-7-8-9-10-11-12-13-22(31)35-17-20-19(34-14-4-2)15-21(36-20)30-16-18(25(26,27)28)23(32)29-24(30)33/h2,16,19-21H,3,5-15,17H2,1H3,(H,29,32,33)/t19-,20+,21+/m0/s1. The molecule has 1 aromatic rings. The molecule has 0 aromatic carbocycles. The van der Waals surface area contributed by atoms with Crippen LogP contribution >= 0.6 is 0 Å². The van der Waals surface area contributed by atoms with Crippen LogP contribution in [-0.4, -0.2) is 40.9 Å². The second-order valence-electron chi connectivity index (χ2n) is 8.89. The molecular formula is C25H35F3N2O6. The van der Waals surface area contributed by atoms with Crippen molar-refractivity contribution in [2.75, 3.05) is 13.2 Å². The van der Waals surface area contributed by atoms with E-state index in [2.05, 4.69) is 12.8 Å². The lowest BCUT2D eigenvalue weighted by atomic mass is 10.1. The number of rotatable bonds is 15. The largest absolute Gasteiger partial charge is 0.463 e. The van der Waals surface area contributed by atoms with Crippen LogP contribution in [-0.2, 0) is 25.2 Å². The number of esters is 1. The quantitative estimate of drug-likeness (QED) is 0.212. The Kier molecular flexibility index (Phi) is 12.2. The Labute approximate surface area is 208 Å². The third-order valence-corrected chi connectivity index (χ3v) is 6.04. The van der Waals surface area contributed by atoms with Crippen molar-refractivity contribution in [1.82, 2.24) is 9.55 Å². The summed E-state index contributed by atoms with van der Waals surface area (Å²) in [6, 6.07) is 0. The Balaban J connectivity index is 1.87. The monoisotopic (exact) mass is 516 g/mol. The van der Waals surface area contributed by atoms with Gasteiger partial charge in [-0.1, -0.05) is 64.2 Å². The van der Waals surface area contributed by atoms with E-state index in [0.29, 0.717) is 17.2 Å². The van der Waals surface area contributed by atoms with Gasteiger partial charge in [-0.05, 0) is 6.42 Å². The van der Waals surface area contributed by atoms with Crippen LogP contribution in [0.5, 0.6) is 0 Å². The summed E-state index contributed by atoms with van der Waals surface area (Å²) in [6.07, 6.45) is 8.20. The molecule has 0 radical (unpaired) electrons. The number of aromatic nitrogens is 2. The molecular weight excluding hydrogens is 481 g/mol. The summed E-state index contributed by atoms with van der Waals surface area (Å²) < 4.78 is 56.5. The van der Waals surface area contributed by atoms with Gasteiger partial charge in [0.15, 0.2) is 0 Å². The number of halogens is 3. The fraction of sp³-hybridized carbons (Fsp3) is 0.720. The first-order valence-corrected chi connectivity index (χ1v) is 12.5. The minimum atomic E-state index is -4.95. The van der Waals surface area contributed by atoms with Gasteiger partial charge >= 0.3 is 17.8 Å². The minimum Gasteiger partial charge on any atom is -0.463 e. The van der Waals surface area contributed by atoms with Crippen LogP contribution in [0, 0.1) is 12.3 Å². The molecule has 1 saturated heterocycles. The zero-order valence-corrected chi connectivity index (χ0v) is 20.6. The topological polar surface area (TPSA) is 99.6 Å². The zero-order valence-electron chi connectivity index (χ0n) is 20.6. The van der Waals surface area contributed by atoms with E-state index in [1.807, 2.05) is 0 Å². The van der Waals surface area contributed by atoms with Crippen molar-refractivity contribution in [3.05, 3.63) is 32.6 Å². The zero-order chi connectivity index (χ0) is 26.6. The van der Waals surface area contributed by atoms with Gasteiger partial charge in [0.1, 0.15) is 31.1 Å². The molecule has 1 fully saturated rings. The first kappa shape index (κ1) is 29.6. The van der Waals surface area contributed by atoms with Crippen LogP contribution in [0.15, 0.2) is 15.8 Å². The van der Waals surface area contributed by atoms with E-state index in [1.165, 1.54) is 32.1 Å². The lowest BCUT2D eigenvalue weighted by Crippen LogP contribution is -2.36. The van der Waals surface area contributed by atoms with E-state index in [0.717, 1.165) is 19.3 Å². The number of H-pyrrole nitrogens is 1. The average Bonchev–Trinajstić information content (AvgIpc) is 3.22. The van der Waals surface area contributed by atoms with Crippen LogP contribution < -0.4 is 11.2 Å². The van der Waals surface area contributed by atoms with Gasteiger partial charge in [-0.25, -0.2) is 4.79 Å². The molecule has 0 unspecified atom stereocenters. The molecule has 1 aliphatic rings. The van der Waals surface area contributed by atoms with Gasteiger partial charge in [0.25, 0.3) is 5.56 Å². The van der Waals surface area contributed by atoms with Crippen LogP contribution in [0.25, 0.3) is 0 Å². The van der Waals surface area contributed by atoms with E-state index < -0.39 is 47.4 Å². The van der Waals surface area contributed by atoms with E-state index in [9.17, 15) is 27.6 Å². The maximum absolute atomic E-state index is 13.1. The maximum atomic E-state index is 13.1. The molecule has 36 heavy (non-hydrogen) atoms. The Hall–Kier alpha value is -2.58. The van der Waals surface area contributed by atoms with E-state index in [1.54, 1.807) is 4.98 Å². The summed E-state index contributed by atoms with van der Waals surface area (Å²) in [5, 5.41) is 0. The van der Waals surface area contributed by atoms with Crippen LogP contribution in [0.1, 0.15) is 89.3 Å². The number of hydrogen-bond donors (Lipinski definition) is 1. The molecule has 0 spiro atoms. The number of carbonyl (C=O) groups is 1. The number of hydrogen-bond acceptors (Lipinski definition) is 6. The van der Waals surface area contributed by atoms with E-state index >= 15 is 0 Å². The summed E-state index contributed by atoms with van der Waals surface area (Å²) in [6.45, 7) is 1.88. The van der Waals surface area contributed by atoms with E-state index in [-0.39, 0.29) is 26.1 Å². The number of alkyl halides is 3. The second-order valence-corrected chi connectivity index (χ2v) is 8.89. The third-order valence-electron chi connectivity index (χ3n) is 6.04. The Morgan fingerprint density at radius 3 is 2.42 bits per heavy atom. The highest BCUT2D eigenvalue weighted by Gasteiger charge is 2.40. The average molecular weight is 517 g/mol. The van der Waals surface area contributed by atoms with Crippen molar-refractivity contribution < 1.29 is 32.2 Å². The Morgan fingerprint density at radius 2 is 1.81 bits per heavy atom. The predicted molar refractivity (Wildman–Crippen MR) is 126 cm³/mol. The van der Waals surface area contributed by atoms with Gasteiger partial charge in [0.2, 0.25) is 0 Å². The summed E-state index contributed by atoms with van der Waals surface area (Å²) in [4.78, 5) is 37.5. The van der Waals surface area contributed by atoms with Gasteiger partial charge < -0.3 is 14.2 Å². The number of nitrogens with one attached hydrogen (secondary N) is 1. The number of carbonyl (C=O) groups excluding carboxylic acids is 1. The first-order valence-electron chi connectivity index (χ1n) is 12.5. The molecule has 11 heteroatoms. The van der Waals surface area contributed by atoms with Crippen LogP contribution in [0.2, 0.25) is 0 Å². The number of unbranched alkanes of at least 4 members (excludes halogenated alkanes) is 8. The normalized spacial score (nSPS) is 19.8. The van der Waals surface area contributed by atoms with Gasteiger partial charge in [-0.15, -0.1) is 6.42 Å². The number of terminal acetylenes is 1. The van der Waals surface area contributed by atoms with Crippen molar-refractivity contribution >= 4 is 5.97 Å². The molecule has 3 atom stereocenters. The van der Waals surface area contributed by atoms with Crippen molar-refractivity contribution in [2.45, 2.75) is 102 Å². The van der Waals surface area contributed by atoms with Gasteiger partial charge in [0.05, 0.1) is 6.10 Å². The molecule has 2 rings (SSSR count). The van der Waals surface area contributed by atoms with Crippen LogP contribution in [0.3, 0.4) is 0 Å². The highest BCUT2D eigenvalue weighted by atomic mass is 19.4. The number of aromatic amines is 1. The second kappa shape index (κ2) is 14.9. The fourth-order valence-corrected chi connectivity index (χ4v) is 4.08. The summed E-state index contributed by atoms with van der Waals surface area (Å²) in [5.74, 6) is 1.88. The summed E-state index contributed by atoms with van der Waals surface area (Å²) in [7, 11) is 0.